The molecule has 0 radical (unpaired) electrons. The third kappa shape index (κ3) is 2.83. The van der Waals surface area contributed by atoms with Crippen LogP contribution in [0.4, 0.5) is 18.9 Å². The monoisotopic (exact) mass is 358 g/mol. The molecule has 0 saturated heterocycles. The van der Waals surface area contributed by atoms with E-state index in [4.69, 9.17) is 0 Å². The van der Waals surface area contributed by atoms with Crippen LogP contribution in [0.3, 0.4) is 0 Å². The number of carbonyl (C=O) groups is 1. The molecule has 1 fully saturated rings. The molecule has 3 nitrogen and oxygen atoms in total. The van der Waals surface area contributed by atoms with E-state index in [0.717, 1.165) is 18.9 Å². The Morgan fingerprint density at radius 1 is 1.24 bits per heavy atom. The summed E-state index contributed by atoms with van der Waals surface area (Å²) in [6.07, 6.45) is 3.68. The summed E-state index contributed by atoms with van der Waals surface area (Å²) in [5.74, 6) is -4.20. The predicted octanol–water partition coefficient (Wildman–Crippen LogP) is 4.26. The van der Waals surface area contributed by atoms with E-state index in [1.54, 1.807) is 16.8 Å². The smallest absolute Gasteiger partial charge is 0.272 e. The topological polar surface area (TPSA) is 34.0 Å². The third-order valence-corrected chi connectivity index (χ3v) is 3.66. The summed E-state index contributed by atoms with van der Waals surface area (Å²) in [5.41, 5.74) is -0.203. The van der Waals surface area contributed by atoms with Gasteiger partial charge in [0.2, 0.25) is 0 Å². The van der Waals surface area contributed by atoms with Gasteiger partial charge in [-0.05, 0) is 34.8 Å². The van der Waals surface area contributed by atoms with Crippen LogP contribution in [0.25, 0.3) is 0 Å². The molecule has 2 aromatic rings. The SMILES string of the molecule is O=C(Nc1cc(F)cc(F)c1F)c1cc(Br)cn1C1CC1. The number of benzene rings is 1. The molecular weight excluding hydrogens is 349 g/mol. The van der Waals surface area contributed by atoms with Crippen LogP contribution in [0.1, 0.15) is 29.4 Å². The molecule has 7 heteroatoms. The number of amides is 1. The number of nitrogens with zero attached hydrogens (tertiary/aromatic N) is 1. The van der Waals surface area contributed by atoms with Crippen molar-refractivity contribution in [3.63, 3.8) is 0 Å². The minimum absolute atomic E-state index is 0.242. The van der Waals surface area contributed by atoms with Crippen molar-refractivity contribution in [3.8, 4) is 0 Å². The molecule has 1 amide bonds. The molecule has 1 aliphatic rings. The van der Waals surface area contributed by atoms with E-state index in [-0.39, 0.29) is 6.04 Å². The zero-order valence-corrected chi connectivity index (χ0v) is 12.3. The van der Waals surface area contributed by atoms with Gasteiger partial charge in [-0.1, -0.05) is 0 Å². The lowest BCUT2D eigenvalue weighted by Crippen LogP contribution is -2.17. The summed E-state index contributed by atoms with van der Waals surface area (Å²) in [6, 6.07) is 3.00. The average molecular weight is 359 g/mol. The molecule has 110 valence electrons. The molecular formula is C14H10BrF3N2O. The van der Waals surface area contributed by atoms with Gasteiger partial charge >= 0.3 is 0 Å². The van der Waals surface area contributed by atoms with Gasteiger partial charge in [0, 0.05) is 28.8 Å². The average Bonchev–Trinajstić information content (AvgIpc) is 3.18. The molecule has 1 heterocycles. The van der Waals surface area contributed by atoms with E-state index in [2.05, 4.69) is 21.2 Å². The second-order valence-electron chi connectivity index (χ2n) is 4.89. The minimum Gasteiger partial charge on any atom is -0.339 e. The van der Waals surface area contributed by atoms with Crippen molar-refractivity contribution in [1.29, 1.82) is 0 Å². The zero-order chi connectivity index (χ0) is 15.1. The molecule has 0 aliphatic heterocycles. The van der Waals surface area contributed by atoms with Crippen molar-refractivity contribution in [3.05, 3.63) is 52.0 Å². The first kappa shape index (κ1) is 14.2. The van der Waals surface area contributed by atoms with E-state index >= 15 is 0 Å². The van der Waals surface area contributed by atoms with Crippen LogP contribution in [0.5, 0.6) is 0 Å². The first-order chi connectivity index (χ1) is 9.95. The highest BCUT2D eigenvalue weighted by Gasteiger charge is 2.28. The van der Waals surface area contributed by atoms with Crippen LogP contribution in [0, 0.1) is 17.5 Å². The van der Waals surface area contributed by atoms with Gasteiger partial charge in [-0.3, -0.25) is 4.79 Å². The molecule has 1 aliphatic carbocycles. The van der Waals surface area contributed by atoms with Gasteiger partial charge in [0.15, 0.2) is 11.6 Å². The zero-order valence-electron chi connectivity index (χ0n) is 10.7. The highest BCUT2D eigenvalue weighted by Crippen LogP contribution is 2.37. The molecule has 3 rings (SSSR count). The van der Waals surface area contributed by atoms with Crippen molar-refractivity contribution >= 4 is 27.5 Å². The lowest BCUT2D eigenvalue weighted by Gasteiger charge is -2.09. The number of hydrogen-bond donors (Lipinski definition) is 1. The number of carbonyl (C=O) groups excluding carboxylic acids is 1. The maximum atomic E-state index is 13.6. The van der Waals surface area contributed by atoms with Gasteiger partial charge < -0.3 is 9.88 Å². The van der Waals surface area contributed by atoms with Crippen molar-refractivity contribution in [1.82, 2.24) is 4.57 Å². The van der Waals surface area contributed by atoms with Crippen LogP contribution < -0.4 is 5.32 Å². The van der Waals surface area contributed by atoms with Crippen LogP contribution in [0.15, 0.2) is 28.9 Å². The first-order valence-corrected chi connectivity index (χ1v) is 7.08. The Morgan fingerprint density at radius 2 is 1.95 bits per heavy atom. The fraction of sp³-hybridized carbons (Fsp3) is 0.214. The van der Waals surface area contributed by atoms with Crippen molar-refractivity contribution in [2.24, 2.45) is 0 Å². The van der Waals surface area contributed by atoms with Crippen molar-refractivity contribution < 1.29 is 18.0 Å². The fourth-order valence-corrected chi connectivity index (χ4v) is 2.55. The molecule has 1 saturated carbocycles. The van der Waals surface area contributed by atoms with E-state index in [9.17, 15) is 18.0 Å². The van der Waals surface area contributed by atoms with Crippen LogP contribution in [0.2, 0.25) is 0 Å². The maximum Gasteiger partial charge on any atom is 0.272 e. The van der Waals surface area contributed by atoms with E-state index < -0.39 is 29.0 Å². The Hall–Kier alpha value is -1.76. The normalized spacial score (nSPS) is 14.3. The second-order valence-corrected chi connectivity index (χ2v) is 5.80. The van der Waals surface area contributed by atoms with Gasteiger partial charge in [-0.2, -0.15) is 0 Å². The number of nitrogens with one attached hydrogen (secondary N) is 1. The number of rotatable bonds is 3. The third-order valence-electron chi connectivity index (χ3n) is 3.23. The number of aromatic nitrogens is 1. The summed E-state index contributed by atoms with van der Waals surface area (Å²) >= 11 is 3.28. The van der Waals surface area contributed by atoms with Crippen LogP contribution in [-0.2, 0) is 0 Å². The summed E-state index contributed by atoms with van der Waals surface area (Å²) in [4.78, 5) is 12.2. The molecule has 21 heavy (non-hydrogen) atoms. The standard InChI is InChI=1S/C14H10BrF3N2O/c15-7-3-12(20(6-7)9-1-2-9)14(21)19-11-5-8(16)4-10(17)13(11)18/h3-6,9H,1-2H2,(H,19,21). The maximum absolute atomic E-state index is 13.6. The largest absolute Gasteiger partial charge is 0.339 e. The Balaban J connectivity index is 1.90. The van der Waals surface area contributed by atoms with Crippen molar-refractivity contribution in [2.75, 3.05) is 5.32 Å². The van der Waals surface area contributed by atoms with Crippen LogP contribution in [-0.4, -0.2) is 10.5 Å². The number of anilines is 1. The molecule has 0 unspecified atom stereocenters. The molecule has 0 atom stereocenters. The predicted molar refractivity (Wildman–Crippen MR) is 74.7 cm³/mol. The Bertz CT molecular complexity index is 725. The molecule has 1 N–H and O–H groups in total. The van der Waals surface area contributed by atoms with Gasteiger partial charge in [0.1, 0.15) is 11.5 Å². The fourth-order valence-electron chi connectivity index (χ4n) is 2.12. The Morgan fingerprint density at radius 3 is 2.62 bits per heavy atom. The van der Waals surface area contributed by atoms with Crippen LogP contribution >= 0.6 is 15.9 Å². The molecule has 0 spiro atoms. The second kappa shape index (κ2) is 5.22. The van der Waals surface area contributed by atoms with Gasteiger partial charge in [-0.15, -0.1) is 0 Å². The number of halogens is 4. The quantitative estimate of drug-likeness (QED) is 0.817. The first-order valence-electron chi connectivity index (χ1n) is 6.29. The van der Waals surface area contributed by atoms with Gasteiger partial charge in [0.25, 0.3) is 5.91 Å². The number of hydrogen-bond acceptors (Lipinski definition) is 1. The lowest BCUT2D eigenvalue weighted by atomic mass is 10.2. The van der Waals surface area contributed by atoms with E-state index in [1.165, 1.54) is 0 Å². The van der Waals surface area contributed by atoms with E-state index in [0.29, 0.717) is 16.2 Å². The summed E-state index contributed by atoms with van der Waals surface area (Å²) in [7, 11) is 0. The Labute approximate surface area is 126 Å². The lowest BCUT2D eigenvalue weighted by molar-refractivity contribution is 0.101. The highest BCUT2D eigenvalue weighted by atomic mass is 79.9. The van der Waals surface area contributed by atoms with Gasteiger partial charge in [-0.25, -0.2) is 13.2 Å². The molecule has 1 aromatic carbocycles. The van der Waals surface area contributed by atoms with Crippen molar-refractivity contribution in [2.45, 2.75) is 18.9 Å². The molecule has 0 bridgehead atoms. The Kier molecular flexibility index (Phi) is 3.52. The molecule has 1 aromatic heterocycles. The minimum atomic E-state index is -1.34. The van der Waals surface area contributed by atoms with E-state index in [1.807, 2.05) is 0 Å². The van der Waals surface area contributed by atoms with Gasteiger partial charge in [0.05, 0.1) is 5.69 Å². The summed E-state index contributed by atoms with van der Waals surface area (Å²) < 4.78 is 42.3. The highest BCUT2D eigenvalue weighted by molar-refractivity contribution is 9.10. The summed E-state index contributed by atoms with van der Waals surface area (Å²) in [6.45, 7) is 0. The summed E-state index contributed by atoms with van der Waals surface area (Å²) in [5, 5.41) is 2.21.